The molecule has 14 heavy (non-hydrogen) atoms. The average molecular weight is 245 g/mol. The molecule has 0 rings (SSSR count). The predicted molar refractivity (Wildman–Crippen MR) is 62.4 cm³/mol. The van der Waals surface area contributed by atoms with Gasteiger partial charge in [0.05, 0.1) is 14.2 Å². The molecule has 0 spiro atoms. The third kappa shape index (κ3) is 11.5. The molecule has 0 amide bonds. The monoisotopic (exact) mass is 244 g/mol. The van der Waals surface area contributed by atoms with Crippen LogP contribution in [0.5, 0.6) is 0 Å². The standard InChI is InChI=1S/C8H16N2O2.2ClH/c1-11-7(9)5-3-4-6-8(10)12-2;;/h9-10H,3-6H2,1-2H3;2*1H. The van der Waals surface area contributed by atoms with Gasteiger partial charge in [-0.3, -0.25) is 10.8 Å². The molecule has 0 unspecified atom stereocenters. The van der Waals surface area contributed by atoms with Gasteiger partial charge < -0.3 is 9.47 Å². The van der Waals surface area contributed by atoms with Crippen LogP contribution in [0.3, 0.4) is 0 Å². The SMILES string of the molecule is COC(=N)CCCCC(=N)OC.Cl.Cl. The number of hydrogen-bond donors (Lipinski definition) is 2. The predicted octanol–water partition coefficient (Wildman–Crippen LogP) is 2.64. The van der Waals surface area contributed by atoms with E-state index in [1.54, 1.807) is 0 Å². The Morgan fingerprint density at radius 2 is 1.14 bits per heavy atom. The van der Waals surface area contributed by atoms with Crippen molar-refractivity contribution in [2.45, 2.75) is 25.7 Å². The maximum atomic E-state index is 7.16. The lowest BCUT2D eigenvalue weighted by molar-refractivity contribution is 0.376. The van der Waals surface area contributed by atoms with Gasteiger partial charge in [-0.1, -0.05) is 0 Å². The van der Waals surface area contributed by atoms with Crippen LogP contribution in [0, 0.1) is 10.8 Å². The second-order valence-electron chi connectivity index (χ2n) is 2.46. The number of nitrogens with one attached hydrogen (secondary N) is 2. The van der Waals surface area contributed by atoms with E-state index in [9.17, 15) is 0 Å². The summed E-state index contributed by atoms with van der Waals surface area (Å²) in [4.78, 5) is 0. The van der Waals surface area contributed by atoms with Gasteiger partial charge in [-0.05, 0) is 12.8 Å². The van der Waals surface area contributed by atoms with E-state index in [0.29, 0.717) is 24.6 Å². The van der Waals surface area contributed by atoms with Gasteiger partial charge in [-0.2, -0.15) is 0 Å². The number of rotatable bonds is 5. The highest BCUT2D eigenvalue weighted by atomic mass is 35.5. The van der Waals surface area contributed by atoms with E-state index in [2.05, 4.69) is 9.47 Å². The van der Waals surface area contributed by atoms with Crippen molar-refractivity contribution in [3.63, 3.8) is 0 Å². The van der Waals surface area contributed by atoms with Crippen molar-refractivity contribution in [1.29, 1.82) is 10.8 Å². The number of ether oxygens (including phenoxy) is 2. The summed E-state index contributed by atoms with van der Waals surface area (Å²) >= 11 is 0. The summed E-state index contributed by atoms with van der Waals surface area (Å²) in [7, 11) is 3.00. The summed E-state index contributed by atoms with van der Waals surface area (Å²) in [5.41, 5.74) is 0. The average Bonchev–Trinajstić information content (AvgIpc) is 2.11. The van der Waals surface area contributed by atoms with Crippen LogP contribution in [-0.2, 0) is 9.47 Å². The lowest BCUT2D eigenvalue weighted by atomic mass is 10.2. The molecule has 0 saturated heterocycles. The third-order valence-electron chi connectivity index (χ3n) is 1.55. The maximum absolute atomic E-state index is 7.16. The Morgan fingerprint density at radius 1 is 0.857 bits per heavy atom. The third-order valence-corrected chi connectivity index (χ3v) is 1.55. The first-order valence-corrected chi connectivity index (χ1v) is 3.93. The molecule has 0 atom stereocenters. The van der Waals surface area contributed by atoms with E-state index in [0.717, 1.165) is 12.8 Å². The molecular formula is C8H18Cl2N2O2. The highest BCUT2D eigenvalue weighted by molar-refractivity contribution is 5.85. The molecule has 2 N–H and O–H groups in total. The summed E-state index contributed by atoms with van der Waals surface area (Å²) in [6.07, 6.45) is 3.04. The van der Waals surface area contributed by atoms with Gasteiger partial charge in [0, 0.05) is 12.8 Å². The molecule has 0 fully saturated rings. The molecule has 0 bridgehead atoms. The fourth-order valence-electron chi connectivity index (χ4n) is 0.775. The molecule has 0 radical (unpaired) electrons. The van der Waals surface area contributed by atoms with E-state index < -0.39 is 0 Å². The first kappa shape index (κ1) is 19.1. The van der Waals surface area contributed by atoms with E-state index in [4.69, 9.17) is 10.8 Å². The Kier molecular flexibility index (Phi) is 17.1. The number of methoxy groups -OCH3 is 2. The molecule has 4 nitrogen and oxygen atoms in total. The molecule has 0 aromatic rings. The molecule has 0 aliphatic carbocycles. The number of hydrogen-bond acceptors (Lipinski definition) is 4. The highest BCUT2D eigenvalue weighted by Gasteiger charge is 1.97. The first-order chi connectivity index (χ1) is 5.70. The molecule has 86 valence electrons. The quantitative estimate of drug-likeness (QED) is 0.444. The molecule has 0 aromatic heterocycles. The minimum Gasteiger partial charge on any atom is -0.484 e. The summed E-state index contributed by atoms with van der Waals surface area (Å²) in [5.74, 6) is 0.609. The van der Waals surface area contributed by atoms with Gasteiger partial charge in [0.1, 0.15) is 0 Å². The van der Waals surface area contributed by atoms with Gasteiger partial charge in [-0.25, -0.2) is 0 Å². The topological polar surface area (TPSA) is 66.2 Å². The van der Waals surface area contributed by atoms with Gasteiger partial charge in [-0.15, -0.1) is 24.8 Å². The zero-order chi connectivity index (χ0) is 9.40. The lowest BCUT2D eigenvalue weighted by Crippen LogP contribution is -2.01. The van der Waals surface area contributed by atoms with E-state index in [1.165, 1.54) is 14.2 Å². The minimum atomic E-state index is 0. The Morgan fingerprint density at radius 3 is 1.36 bits per heavy atom. The van der Waals surface area contributed by atoms with Crippen molar-refractivity contribution in [2.24, 2.45) is 0 Å². The molecule has 0 saturated carbocycles. The molecule has 0 aliphatic heterocycles. The lowest BCUT2D eigenvalue weighted by Gasteiger charge is -2.02. The van der Waals surface area contributed by atoms with Crippen molar-refractivity contribution in [3.05, 3.63) is 0 Å². The number of unbranched alkanes of at least 4 members (excludes halogenated alkanes) is 1. The second kappa shape index (κ2) is 12.5. The van der Waals surface area contributed by atoms with Gasteiger partial charge in [0.15, 0.2) is 11.8 Å². The van der Waals surface area contributed by atoms with Crippen LogP contribution in [-0.4, -0.2) is 26.0 Å². The smallest absolute Gasteiger partial charge is 0.180 e. The highest BCUT2D eigenvalue weighted by Crippen LogP contribution is 2.01. The summed E-state index contributed by atoms with van der Waals surface area (Å²) in [5, 5.41) is 14.3. The summed E-state index contributed by atoms with van der Waals surface area (Å²) < 4.78 is 9.36. The van der Waals surface area contributed by atoms with Crippen LogP contribution in [0.15, 0.2) is 0 Å². The summed E-state index contributed by atoms with van der Waals surface area (Å²) in [6, 6.07) is 0. The fraction of sp³-hybridized carbons (Fsp3) is 0.750. The second-order valence-corrected chi connectivity index (χ2v) is 2.46. The molecular weight excluding hydrogens is 227 g/mol. The Bertz CT molecular complexity index is 147. The van der Waals surface area contributed by atoms with Crippen molar-refractivity contribution >= 4 is 36.6 Å². The van der Waals surface area contributed by atoms with Gasteiger partial charge >= 0.3 is 0 Å². The van der Waals surface area contributed by atoms with E-state index in [1.807, 2.05) is 0 Å². The largest absolute Gasteiger partial charge is 0.484 e. The maximum Gasteiger partial charge on any atom is 0.180 e. The van der Waals surface area contributed by atoms with Crippen LogP contribution in [0.2, 0.25) is 0 Å². The van der Waals surface area contributed by atoms with Crippen molar-refractivity contribution in [2.75, 3.05) is 14.2 Å². The zero-order valence-electron chi connectivity index (χ0n) is 8.46. The van der Waals surface area contributed by atoms with Crippen LogP contribution in [0.1, 0.15) is 25.7 Å². The van der Waals surface area contributed by atoms with Crippen LogP contribution in [0.25, 0.3) is 0 Å². The molecule has 0 heterocycles. The normalized spacial score (nSPS) is 7.86. The molecule has 0 aliphatic rings. The van der Waals surface area contributed by atoms with Crippen molar-refractivity contribution < 1.29 is 9.47 Å². The van der Waals surface area contributed by atoms with Gasteiger partial charge in [0.2, 0.25) is 0 Å². The Labute approximate surface area is 97.2 Å². The van der Waals surface area contributed by atoms with E-state index >= 15 is 0 Å². The van der Waals surface area contributed by atoms with Crippen LogP contribution >= 0.6 is 24.8 Å². The first-order valence-electron chi connectivity index (χ1n) is 3.93. The molecule has 6 heteroatoms. The van der Waals surface area contributed by atoms with Crippen molar-refractivity contribution in [3.8, 4) is 0 Å². The van der Waals surface area contributed by atoms with Crippen LogP contribution < -0.4 is 0 Å². The molecule has 0 aromatic carbocycles. The number of halogens is 2. The fourth-order valence-corrected chi connectivity index (χ4v) is 0.775. The van der Waals surface area contributed by atoms with E-state index in [-0.39, 0.29) is 24.8 Å². The summed E-state index contributed by atoms with van der Waals surface area (Å²) in [6.45, 7) is 0. The Hall–Kier alpha value is -0.480. The minimum absolute atomic E-state index is 0. The van der Waals surface area contributed by atoms with Gasteiger partial charge in [0.25, 0.3) is 0 Å². The Balaban J connectivity index is -0.000000605. The zero-order valence-corrected chi connectivity index (χ0v) is 10.1. The van der Waals surface area contributed by atoms with Crippen LogP contribution in [0.4, 0.5) is 0 Å². The van der Waals surface area contributed by atoms with Crippen molar-refractivity contribution in [1.82, 2.24) is 0 Å².